The predicted molar refractivity (Wildman–Crippen MR) is 128 cm³/mol. The van der Waals surface area contributed by atoms with Crippen LogP contribution < -0.4 is 10.6 Å². The van der Waals surface area contributed by atoms with E-state index in [2.05, 4.69) is 10.6 Å². The molecule has 0 aromatic heterocycles. The van der Waals surface area contributed by atoms with Crippen molar-refractivity contribution >= 4 is 23.6 Å². The van der Waals surface area contributed by atoms with Crippen LogP contribution in [0.5, 0.6) is 0 Å². The summed E-state index contributed by atoms with van der Waals surface area (Å²) in [6.07, 6.45) is 0.911. The Morgan fingerprint density at radius 2 is 1.65 bits per heavy atom. The van der Waals surface area contributed by atoms with E-state index in [1.54, 1.807) is 4.90 Å². The van der Waals surface area contributed by atoms with Crippen molar-refractivity contribution in [2.75, 3.05) is 18.4 Å². The molecule has 0 unspecified atom stereocenters. The number of ether oxygens (including phenoxy) is 1. The molecule has 0 spiro atoms. The van der Waals surface area contributed by atoms with Gasteiger partial charge in [-0.15, -0.1) is 0 Å². The summed E-state index contributed by atoms with van der Waals surface area (Å²) in [7, 11) is 0. The Labute approximate surface area is 199 Å². The van der Waals surface area contributed by atoms with Gasteiger partial charge in [-0.1, -0.05) is 30.3 Å². The molecule has 182 valence electrons. The van der Waals surface area contributed by atoms with Gasteiger partial charge in [0, 0.05) is 31.1 Å². The van der Waals surface area contributed by atoms with Crippen LogP contribution >= 0.6 is 0 Å². The van der Waals surface area contributed by atoms with E-state index in [0.29, 0.717) is 38.0 Å². The van der Waals surface area contributed by atoms with Crippen molar-refractivity contribution in [1.29, 1.82) is 0 Å². The molecule has 1 aliphatic rings. The number of benzene rings is 2. The smallest absolute Gasteiger partial charge is 0.410 e. The summed E-state index contributed by atoms with van der Waals surface area (Å²) in [6, 6.07) is 14.1. The number of nitrogens with one attached hydrogen (secondary N) is 2. The van der Waals surface area contributed by atoms with Crippen molar-refractivity contribution in [2.45, 2.75) is 51.7 Å². The van der Waals surface area contributed by atoms with E-state index in [1.807, 2.05) is 51.1 Å². The standard InChI is InChI=1S/C26H32FN3O4/c1-26(2,3)34-25(33)30-15-13-19(14-16-30)23(31)29-22(17-18-7-5-4-6-8-18)24(32)28-21-11-9-20(27)10-12-21/h4-12,19,22H,13-17H2,1-3H3,(H,28,32)(H,29,31)/t22-/m1/s1. The molecule has 7 nitrogen and oxygen atoms in total. The van der Waals surface area contributed by atoms with Crippen LogP contribution in [0.1, 0.15) is 39.2 Å². The molecule has 8 heteroatoms. The second-order valence-corrected chi connectivity index (χ2v) is 9.49. The van der Waals surface area contributed by atoms with Crippen molar-refractivity contribution in [3.63, 3.8) is 0 Å². The molecule has 2 N–H and O–H groups in total. The van der Waals surface area contributed by atoms with Crippen molar-refractivity contribution in [2.24, 2.45) is 5.92 Å². The molecule has 1 aliphatic heterocycles. The summed E-state index contributed by atoms with van der Waals surface area (Å²) < 4.78 is 18.6. The number of hydrogen-bond donors (Lipinski definition) is 2. The average Bonchev–Trinajstić information content (AvgIpc) is 2.79. The molecule has 0 saturated carbocycles. The largest absolute Gasteiger partial charge is 0.444 e. The molecule has 0 bridgehead atoms. The summed E-state index contributed by atoms with van der Waals surface area (Å²) in [4.78, 5) is 39.9. The molecular weight excluding hydrogens is 437 g/mol. The average molecular weight is 470 g/mol. The topological polar surface area (TPSA) is 87.7 Å². The van der Waals surface area contributed by atoms with Gasteiger partial charge in [0.1, 0.15) is 17.5 Å². The number of anilines is 1. The number of nitrogens with zero attached hydrogens (tertiary/aromatic N) is 1. The summed E-state index contributed by atoms with van der Waals surface area (Å²) >= 11 is 0. The highest BCUT2D eigenvalue weighted by atomic mass is 19.1. The third kappa shape index (κ3) is 7.57. The molecule has 1 saturated heterocycles. The van der Waals surface area contributed by atoms with Crippen LogP contribution in [-0.2, 0) is 20.7 Å². The number of carbonyl (C=O) groups is 3. The zero-order valence-electron chi connectivity index (χ0n) is 19.8. The van der Waals surface area contributed by atoms with Crippen molar-refractivity contribution < 1.29 is 23.5 Å². The number of rotatable bonds is 6. The highest BCUT2D eigenvalue weighted by Gasteiger charge is 2.32. The fourth-order valence-corrected chi connectivity index (χ4v) is 3.76. The maximum atomic E-state index is 13.2. The van der Waals surface area contributed by atoms with Crippen molar-refractivity contribution in [3.05, 3.63) is 66.0 Å². The van der Waals surface area contributed by atoms with Crippen LogP contribution in [0.15, 0.2) is 54.6 Å². The van der Waals surface area contributed by atoms with Crippen LogP contribution in [0, 0.1) is 11.7 Å². The lowest BCUT2D eigenvalue weighted by atomic mass is 9.95. The first-order valence-corrected chi connectivity index (χ1v) is 11.5. The number of piperidine rings is 1. The van der Waals surface area contributed by atoms with E-state index in [-0.39, 0.29) is 23.8 Å². The van der Waals surface area contributed by atoms with Crippen LogP contribution in [0.4, 0.5) is 14.9 Å². The predicted octanol–water partition coefficient (Wildman–Crippen LogP) is 4.14. The number of carbonyl (C=O) groups excluding carboxylic acids is 3. The van der Waals surface area contributed by atoms with E-state index < -0.39 is 17.5 Å². The SMILES string of the molecule is CC(C)(C)OC(=O)N1CCC(C(=O)N[C@H](Cc2ccccc2)C(=O)Nc2ccc(F)cc2)CC1. The molecule has 0 aliphatic carbocycles. The second-order valence-electron chi connectivity index (χ2n) is 9.49. The highest BCUT2D eigenvalue weighted by Crippen LogP contribution is 2.20. The van der Waals surface area contributed by atoms with Gasteiger partial charge in [-0.3, -0.25) is 9.59 Å². The van der Waals surface area contributed by atoms with Gasteiger partial charge in [-0.2, -0.15) is 0 Å². The fourth-order valence-electron chi connectivity index (χ4n) is 3.76. The van der Waals surface area contributed by atoms with Crippen molar-refractivity contribution in [1.82, 2.24) is 10.2 Å². The number of hydrogen-bond acceptors (Lipinski definition) is 4. The van der Waals surface area contributed by atoms with Crippen LogP contribution in [0.25, 0.3) is 0 Å². The van der Waals surface area contributed by atoms with Gasteiger partial charge < -0.3 is 20.3 Å². The molecule has 1 fully saturated rings. The minimum atomic E-state index is -0.802. The molecule has 2 aromatic rings. The summed E-state index contributed by atoms with van der Waals surface area (Å²) in [5.74, 6) is -1.31. The van der Waals surface area contributed by atoms with Gasteiger partial charge in [0.2, 0.25) is 11.8 Å². The third-order valence-corrected chi connectivity index (χ3v) is 5.54. The Bertz CT molecular complexity index is 981. The zero-order chi connectivity index (χ0) is 24.7. The summed E-state index contributed by atoms with van der Waals surface area (Å²) in [5.41, 5.74) is 0.777. The van der Waals surface area contributed by atoms with Gasteiger partial charge in [-0.05, 0) is 63.4 Å². The van der Waals surface area contributed by atoms with E-state index in [9.17, 15) is 18.8 Å². The van der Waals surface area contributed by atoms with E-state index in [0.717, 1.165) is 5.56 Å². The molecule has 3 rings (SSSR count). The van der Waals surface area contributed by atoms with Gasteiger partial charge in [-0.25, -0.2) is 9.18 Å². The van der Waals surface area contributed by atoms with Crippen LogP contribution in [0.2, 0.25) is 0 Å². The Morgan fingerprint density at radius 1 is 1.03 bits per heavy atom. The monoisotopic (exact) mass is 469 g/mol. The Balaban J connectivity index is 1.62. The Morgan fingerprint density at radius 3 is 2.24 bits per heavy atom. The Hall–Kier alpha value is -3.42. The summed E-state index contributed by atoms with van der Waals surface area (Å²) in [6.45, 7) is 6.27. The summed E-state index contributed by atoms with van der Waals surface area (Å²) in [5, 5.41) is 5.64. The first kappa shape index (κ1) is 25.2. The molecule has 2 aromatic carbocycles. The maximum Gasteiger partial charge on any atom is 0.410 e. The molecule has 3 amide bonds. The zero-order valence-corrected chi connectivity index (χ0v) is 19.8. The molecule has 34 heavy (non-hydrogen) atoms. The first-order valence-electron chi connectivity index (χ1n) is 11.5. The van der Waals surface area contributed by atoms with Gasteiger partial charge >= 0.3 is 6.09 Å². The third-order valence-electron chi connectivity index (χ3n) is 5.54. The molecular formula is C26H32FN3O4. The minimum absolute atomic E-state index is 0.223. The van der Waals surface area contributed by atoms with E-state index in [4.69, 9.17) is 4.74 Å². The van der Waals surface area contributed by atoms with Gasteiger partial charge in [0.25, 0.3) is 0 Å². The lowest BCUT2D eigenvalue weighted by Gasteiger charge is -2.33. The molecule has 0 radical (unpaired) electrons. The normalized spacial score (nSPS) is 15.4. The second kappa shape index (κ2) is 11.1. The Kier molecular flexibility index (Phi) is 8.26. The number of likely N-dealkylation sites (tertiary alicyclic amines) is 1. The maximum absolute atomic E-state index is 13.2. The fraction of sp³-hybridized carbons (Fsp3) is 0.423. The first-order chi connectivity index (χ1) is 16.1. The van der Waals surface area contributed by atoms with E-state index >= 15 is 0 Å². The van der Waals surface area contributed by atoms with Gasteiger partial charge in [0.05, 0.1) is 0 Å². The molecule has 1 heterocycles. The number of amides is 3. The van der Waals surface area contributed by atoms with Gasteiger partial charge in [0.15, 0.2) is 0 Å². The number of halogens is 1. The minimum Gasteiger partial charge on any atom is -0.444 e. The van der Waals surface area contributed by atoms with Crippen LogP contribution in [0.3, 0.4) is 0 Å². The molecule has 1 atom stereocenters. The quantitative estimate of drug-likeness (QED) is 0.666. The lowest BCUT2D eigenvalue weighted by molar-refractivity contribution is -0.130. The lowest BCUT2D eigenvalue weighted by Crippen LogP contribution is -2.50. The van der Waals surface area contributed by atoms with Crippen molar-refractivity contribution in [3.8, 4) is 0 Å². The van der Waals surface area contributed by atoms with Crippen LogP contribution in [-0.4, -0.2) is 47.5 Å². The highest BCUT2D eigenvalue weighted by molar-refractivity contribution is 5.97. The van der Waals surface area contributed by atoms with E-state index in [1.165, 1.54) is 24.3 Å².